The maximum absolute atomic E-state index is 12.2. The van der Waals surface area contributed by atoms with Gasteiger partial charge < -0.3 is 10.2 Å². The lowest BCUT2D eigenvalue weighted by Gasteiger charge is -2.34. The molecule has 1 saturated heterocycles. The van der Waals surface area contributed by atoms with Crippen molar-refractivity contribution in [3.05, 3.63) is 30.3 Å². The predicted molar refractivity (Wildman–Crippen MR) is 84.3 cm³/mol. The van der Waals surface area contributed by atoms with Gasteiger partial charge in [0.1, 0.15) is 0 Å². The minimum absolute atomic E-state index is 0.0226. The number of nitrogens with one attached hydrogen (secondary N) is 1. The smallest absolute Gasteiger partial charge is 0.233 e. The highest BCUT2D eigenvalue weighted by Crippen LogP contribution is 2.17. The van der Waals surface area contributed by atoms with Gasteiger partial charge in [-0.15, -0.1) is 11.8 Å². The fourth-order valence-electron chi connectivity index (χ4n) is 2.19. The zero-order chi connectivity index (χ0) is 15.1. The molecule has 1 heterocycles. The molecule has 1 aromatic carbocycles. The van der Waals surface area contributed by atoms with Gasteiger partial charge >= 0.3 is 0 Å². The molecular formula is C15H21N3O2S. The van der Waals surface area contributed by atoms with Crippen molar-refractivity contribution in [1.29, 1.82) is 0 Å². The minimum atomic E-state index is 0.0226. The Balaban J connectivity index is 1.72. The summed E-state index contributed by atoms with van der Waals surface area (Å²) in [5, 5.41) is 2.62. The van der Waals surface area contributed by atoms with Crippen molar-refractivity contribution in [3.8, 4) is 0 Å². The number of amides is 2. The molecule has 1 aliphatic heterocycles. The van der Waals surface area contributed by atoms with Crippen molar-refractivity contribution < 1.29 is 9.59 Å². The van der Waals surface area contributed by atoms with Gasteiger partial charge in [-0.3, -0.25) is 14.5 Å². The molecule has 0 atom stereocenters. The maximum atomic E-state index is 12.2. The zero-order valence-corrected chi connectivity index (χ0v) is 13.1. The lowest BCUT2D eigenvalue weighted by molar-refractivity contribution is -0.130. The van der Waals surface area contributed by atoms with Gasteiger partial charge in [-0.1, -0.05) is 18.2 Å². The summed E-state index contributed by atoms with van der Waals surface area (Å²) in [5.41, 5.74) is 0. The summed E-state index contributed by atoms with van der Waals surface area (Å²) in [7, 11) is 1.64. The Bertz CT molecular complexity index is 473. The molecule has 0 aliphatic carbocycles. The minimum Gasteiger partial charge on any atom is -0.358 e. The molecule has 2 rings (SSSR count). The molecule has 1 aliphatic rings. The quantitative estimate of drug-likeness (QED) is 0.813. The van der Waals surface area contributed by atoms with E-state index in [9.17, 15) is 9.59 Å². The average molecular weight is 307 g/mol. The lowest BCUT2D eigenvalue weighted by atomic mass is 10.3. The number of rotatable bonds is 5. The Morgan fingerprint density at radius 2 is 1.81 bits per heavy atom. The molecule has 5 nitrogen and oxygen atoms in total. The number of hydrogen-bond acceptors (Lipinski definition) is 4. The number of nitrogens with zero attached hydrogens (tertiary/aromatic N) is 2. The van der Waals surface area contributed by atoms with E-state index in [1.807, 2.05) is 35.2 Å². The Morgan fingerprint density at radius 1 is 1.14 bits per heavy atom. The van der Waals surface area contributed by atoms with E-state index in [1.165, 1.54) is 0 Å². The number of carbonyl (C=O) groups is 2. The molecule has 0 aromatic heterocycles. The van der Waals surface area contributed by atoms with Crippen molar-refractivity contribution in [2.75, 3.05) is 45.5 Å². The van der Waals surface area contributed by atoms with Gasteiger partial charge in [-0.05, 0) is 12.1 Å². The zero-order valence-electron chi connectivity index (χ0n) is 12.2. The second-order valence-electron chi connectivity index (χ2n) is 4.93. The van der Waals surface area contributed by atoms with Gasteiger partial charge in [0, 0.05) is 38.1 Å². The van der Waals surface area contributed by atoms with Crippen LogP contribution in [0.5, 0.6) is 0 Å². The maximum Gasteiger partial charge on any atom is 0.233 e. The first-order valence-corrected chi connectivity index (χ1v) is 8.06. The van der Waals surface area contributed by atoms with Crippen LogP contribution >= 0.6 is 11.8 Å². The van der Waals surface area contributed by atoms with Crippen LogP contribution < -0.4 is 5.32 Å². The summed E-state index contributed by atoms with van der Waals surface area (Å²) in [6, 6.07) is 9.95. The molecule has 1 N–H and O–H groups in total. The van der Waals surface area contributed by atoms with Crippen LogP contribution in [-0.2, 0) is 9.59 Å². The first-order valence-electron chi connectivity index (χ1n) is 7.07. The van der Waals surface area contributed by atoms with Gasteiger partial charge in [0.05, 0.1) is 12.3 Å². The third-order valence-corrected chi connectivity index (χ3v) is 4.47. The van der Waals surface area contributed by atoms with Gasteiger partial charge in [0.25, 0.3) is 0 Å². The van der Waals surface area contributed by atoms with Gasteiger partial charge in [0.15, 0.2) is 0 Å². The van der Waals surface area contributed by atoms with Crippen LogP contribution in [0, 0.1) is 0 Å². The van der Waals surface area contributed by atoms with Crippen LogP contribution in [0.25, 0.3) is 0 Å². The summed E-state index contributed by atoms with van der Waals surface area (Å²) >= 11 is 1.57. The fraction of sp³-hybridized carbons (Fsp3) is 0.467. The predicted octanol–water partition coefficient (Wildman–Crippen LogP) is 0.669. The molecular weight excluding hydrogens is 286 g/mol. The van der Waals surface area contributed by atoms with Crippen LogP contribution in [0.15, 0.2) is 35.2 Å². The molecule has 1 fully saturated rings. The number of piperazine rings is 1. The third kappa shape index (κ3) is 5.06. The summed E-state index contributed by atoms with van der Waals surface area (Å²) in [4.78, 5) is 28.6. The second kappa shape index (κ2) is 8.05. The second-order valence-corrected chi connectivity index (χ2v) is 5.98. The number of hydrogen-bond donors (Lipinski definition) is 1. The van der Waals surface area contributed by atoms with E-state index < -0.39 is 0 Å². The van der Waals surface area contributed by atoms with Crippen LogP contribution in [0.1, 0.15) is 0 Å². The molecule has 0 bridgehead atoms. The highest BCUT2D eigenvalue weighted by Gasteiger charge is 2.21. The van der Waals surface area contributed by atoms with Gasteiger partial charge in [-0.25, -0.2) is 0 Å². The largest absolute Gasteiger partial charge is 0.358 e. The Morgan fingerprint density at radius 3 is 2.43 bits per heavy atom. The number of benzene rings is 1. The van der Waals surface area contributed by atoms with E-state index in [-0.39, 0.29) is 11.8 Å². The van der Waals surface area contributed by atoms with E-state index in [2.05, 4.69) is 10.2 Å². The summed E-state index contributed by atoms with van der Waals surface area (Å²) < 4.78 is 0. The first kappa shape index (κ1) is 15.9. The average Bonchev–Trinajstić information content (AvgIpc) is 2.54. The molecule has 0 saturated carbocycles. The van der Waals surface area contributed by atoms with Crippen molar-refractivity contribution in [2.45, 2.75) is 4.90 Å². The summed E-state index contributed by atoms with van der Waals surface area (Å²) in [6.07, 6.45) is 0. The Kier molecular flexibility index (Phi) is 6.07. The van der Waals surface area contributed by atoms with Crippen molar-refractivity contribution in [3.63, 3.8) is 0 Å². The highest BCUT2D eigenvalue weighted by molar-refractivity contribution is 8.00. The van der Waals surface area contributed by atoms with Crippen LogP contribution in [0.4, 0.5) is 0 Å². The Labute approximate surface area is 129 Å². The van der Waals surface area contributed by atoms with Crippen molar-refractivity contribution >= 4 is 23.6 Å². The van der Waals surface area contributed by atoms with E-state index in [4.69, 9.17) is 0 Å². The Hall–Kier alpha value is -1.53. The summed E-state index contributed by atoms with van der Waals surface area (Å²) in [6.45, 7) is 3.33. The topological polar surface area (TPSA) is 52.7 Å². The SMILES string of the molecule is CNC(=O)CN1CCN(C(=O)CSc2ccccc2)CC1. The lowest BCUT2D eigenvalue weighted by Crippen LogP contribution is -2.51. The third-order valence-electron chi connectivity index (χ3n) is 3.48. The van der Waals surface area contributed by atoms with Crippen molar-refractivity contribution in [1.82, 2.24) is 15.1 Å². The fourth-order valence-corrected chi connectivity index (χ4v) is 3.01. The summed E-state index contributed by atoms with van der Waals surface area (Å²) in [5.74, 6) is 0.664. The molecule has 2 amide bonds. The van der Waals surface area contributed by atoms with Gasteiger partial charge in [0.2, 0.25) is 11.8 Å². The van der Waals surface area contributed by atoms with E-state index in [0.29, 0.717) is 25.4 Å². The first-order chi connectivity index (χ1) is 10.2. The van der Waals surface area contributed by atoms with Crippen molar-refractivity contribution in [2.24, 2.45) is 0 Å². The van der Waals surface area contributed by atoms with E-state index in [0.717, 1.165) is 18.0 Å². The van der Waals surface area contributed by atoms with E-state index in [1.54, 1.807) is 18.8 Å². The van der Waals surface area contributed by atoms with Crippen LogP contribution in [0.2, 0.25) is 0 Å². The molecule has 6 heteroatoms. The molecule has 1 aromatic rings. The highest BCUT2D eigenvalue weighted by atomic mass is 32.2. The van der Waals surface area contributed by atoms with Crippen LogP contribution in [-0.4, -0.2) is 67.1 Å². The molecule has 0 spiro atoms. The molecule has 21 heavy (non-hydrogen) atoms. The van der Waals surface area contributed by atoms with Crippen LogP contribution in [0.3, 0.4) is 0 Å². The normalized spacial score (nSPS) is 15.8. The number of thioether (sulfide) groups is 1. The van der Waals surface area contributed by atoms with Gasteiger partial charge in [-0.2, -0.15) is 0 Å². The number of likely N-dealkylation sites (N-methyl/N-ethyl adjacent to an activating group) is 1. The van der Waals surface area contributed by atoms with E-state index >= 15 is 0 Å². The monoisotopic (exact) mass is 307 g/mol. The molecule has 0 unspecified atom stereocenters. The molecule has 114 valence electrons. The number of carbonyl (C=O) groups excluding carboxylic acids is 2. The molecule has 0 radical (unpaired) electrons. The standard InChI is InChI=1S/C15H21N3O2S/c1-16-14(19)11-17-7-9-18(10-8-17)15(20)12-21-13-5-3-2-4-6-13/h2-6H,7-12H2,1H3,(H,16,19).